The molecule has 2 nitrogen and oxygen atoms in total. The predicted molar refractivity (Wildman–Crippen MR) is 75.2 cm³/mol. The van der Waals surface area contributed by atoms with Gasteiger partial charge >= 0.3 is 5.97 Å². The van der Waals surface area contributed by atoms with E-state index >= 15 is 0 Å². The first-order valence-electron chi connectivity index (χ1n) is 6.69. The summed E-state index contributed by atoms with van der Waals surface area (Å²) in [6, 6.07) is 0. The largest absolute Gasteiger partial charge is 0.462 e. The molecule has 0 N–H and O–H groups in total. The summed E-state index contributed by atoms with van der Waals surface area (Å²) in [5, 5.41) is 1.98. The first kappa shape index (κ1) is 13.6. The molecule has 0 fully saturated rings. The minimum atomic E-state index is -0.149. The summed E-state index contributed by atoms with van der Waals surface area (Å²) in [5.74, 6) is 0.572. The predicted octanol–water partition coefficient (Wildman–Crippen LogP) is 4.08. The Kier molecular flexibility index (Phi) is 3.81. The maximum absolute atomic E-state index is 11.8. The van der Waals surface area contributed by atoms with Crippen LogP contribution < -0.4 is 0 Å². The van der Waals surface area contributed by atoms with E-state index in [1.807, 2.05) is 12.3 Å². The van der Waals surface area contributed by atoms with Gasteiger partial charge in [-0.1, -0.05) is 20.8 Å². The lowest BCUT2D eigenvalue weighted by Crippen LogP contribution is -2.26. The zero-order valence-corrected chi connectivity index (χ0v) is 12.5. The van der Waals surface area contributed by atoms with Crippen LogP contribution in [0.25, 0.3) is 0 Å². The van der Waals surface area contributed by atoms with E-state index in [-0.39, 0.29) is 5.97 Å². The van der Waals surface area contributed by atoms with Crippen molar-refractivity contribution >= 4 is 17.3 Å². The number of rotatable bonds is 2. The quantitative estimate of drug-likeness (QED) is 0.754. The summed E-state index contributed by atoms with van der Waals surface area (Å²) < 4.78 is 5.11. The van der Waals surface area contributed by atoms with Crippen LogP contribution in [0, 0.1) is 11.3 Å². The van der Waals surface area contributed by atoms with E-state index in [1.165, 1.54) is 16.9 Å². The number of esters is 1. The minimum absolute atomic E-state index is 0.149. The molecular weight excluding hydrogens is 244 g/mol. The number of thiophene rings is 1. The number of fused-ring (bicyclic) bond motifs is 1. The Morgan fingerprint density at radius 2 is 2.22 bits per heavy atom. The molecule has 0 spiro atoms. The number of ether oxygens (including phenoxy) is 1. The molecule has 0 aliphatic heterocycles. The van der Waals surface area contributed by atoms with Crippen molar-refractivity contribution in [3.8, 4) is 0 Å². The van der Waals surface area contributed by atoms with Crippen LogP contribution in [-0.4, -0.2) is 12.6 Å². The summed E-state index contributed by atoms with van der Waals surface area (Å²) in [5.41, 5.74) is 2.41. The number of hydrogen-bond acceptors (Lipinski definition) is 3. The van der Waals surface area contributed by atoms with Gasteiger partial charge in [-0.3, -0.25) is 0 Å². The normalized spacial score (nSPS) is 19.4. The van der Waals surface area contributed by atoms with Gasteiger partial charge in [-0.25, -0.2) is 4.79 Å². The zero-order chi connectivity index (χ0) is 13.3. The fourth-order valence-corrected chi connectivity index (χ4v) is 3.78. The van der Waals surface area contributed by atoms with Crippen LogP contribution in [0.1, 0.15) is 54.9 Å². The van der Waals surface area contributed by atoms with Gasteiger partial charge in [-0.05, 0) is 43.1 Å². The van der Waals surface area contributed by atoms with Gasteiger partial charge in [0.25, 0.3) is 0 Å². The monoisotopic (exact) mass is 266 g/mol. The summed E-state index contributed by atoms with van der Waals surface area (Å²) >= 11 is 1.73. The lowest BCUT2D eigenvalue weighted by Gasteiger charge is -2.33. The third-order valence-electron chi connectivity index (χ3n) is 3.88. The highest BCUT2D eigenvalue weighted by Gasteiger charge is 2.31. The topological polar surface area (TPSA) is 26.3 Å². The number of carbonyl (C=O) groups is 1. The molecular formula is C15H22O2S. The SMILES string of the molecule is CCOC(=O)c1csc2c1CCC(C(C)(C)C)C2. The van der Waals surface area contributed by atoms with Crippen LogP contribution in [0.5, 0.6) is 0 Å². The average molecular weight is 266 g/mol. The lowest BCUT2D eigenvalue weighted by molar-refractivity contribution is 0.0525. The van der Waals surface area contributed by atoms with Crippen LogP contribution >= 0.6 is 11.3 Å². The molecule has 1 aromatic rings. The molecule has 0 aromatic carbocycles. The highest BCUT2D eigenvalue weighted by Crippen LogP contribution is 2.40. The van der Waals surface area contributed by atoms with E-state index in [1.54, 1.807) is 11.3 Å². The van der Waals surface area contributed by atoms with Crippen molar-refractivity contribution < 1.29 is 9.53 Å². The molecule has 1 aliphatic carbocycles. The Hall–Kier alpha value is -0.830. The Morgan fingerprint density at radius 1 is 1.50 bits per heavy atom. The Bertz CT molecular complexity index is 440. The molecule has 18 heavy (non-hydrogen) atoms. The van der Waals surface area contributed by atoms with Gasteiger partial charge in [0.15, 0.2) is 0 Å². The van der Waals surface area contributed by atoms with Crippen molar-refractivity contribution in [2.75, 3.05) is 6.61 Å². The van der Waals surface area contributed by atoms with Crippen LogP contribution in [0.15, 0.2) is 5.38 Å². The van der Waals surface area contributed by atoms with Gasteiger partial charge in [0.05, 0.1) is 12.2 Å². The van der Waals surface area contributed by atoms with Crippen LogP contribution in [0.2, 0.25) is 0 Å². The van der Waals surface area contributed by atoms with Gasteiger partial charge in [-0.2, -0.15) is 0 Å². The summed E-state index contributed by atoms with van der Waals surface area (Å²) in [6.07, 6.45) is 3.32. The molecule has 3 heteroatoms. The van der Waals surface area contributed by atoms with E-state index in [9.17, 15) is 4.79 Å². The second-order valence-electron chi connectivity index (χ2n) is 6.08. The van der Waals surface area contributed by atoms with E-state index in [2.05, 4.69) is 20.8 Å². The molecule has 1 heterocycles. The van der Waals surface area contributed by atoms with Crippen molar-refractivity contribution in [2.24, 2.45) is 11.3 Å². The van der Waals surface area contributed by atoms with E-state index in [4.69, 9.17) is 4.74 Å². The molecule has 1 atom stereocenters. The fraction of sp³-hybridized carbons (Fsp3) is 0.667. The lowest BCUT2D eigenvalue weighted by atomic mass is 9.72. The van der Waals surface area contributed by atoms with Gasteiger partial charge < -0.3 is 4.74 Å². The van der Waals surface area contributed by atoms with Gasteiger partial charge in [0, 0.05) is 10.3 Å². The summed E-state index contributed by atoms with van der Waals surface area (Å²) in [4.78, 5) is 13.2. The maximum Gasteiger partial charge on any atom is 0.339 e. The third-order valence-corrected chi connectivity index (χ3v) is 4.93. The van der Waals surface area contributed by atoms with E-state index in [0.29, 0.717) is 12.0 Å². The Morgan fingerprint density at radius 3 is 2.83 bits per heavy atom. The highest BCUT2D eigenvalue weighted by atomic mass is 32.1. The van der Waals surface area contributed by atoms with E-state index < -0.39 is 0 Å². The van der Waals surface area contributed by atoms with Crippen molar-refractivity contribution in [1.29, 1.82) is 0 Å². The molecule has 0 bridgehead atoms. The van der Waals surface area contributed by atoms with Crippen molar-refractivity contribution in [3.05, 3.63) is 21.4 Å². The molecule has 0 saturated heterocycles. The molecule has 1 aromatic heterocycles. The molecule has 1 aliphatic rings. The zero-order valence-electron chi connectivity index (χ0n) is 11.7. The molecule has 1 unspecified atom stereocenters. The number of carbonyl (C=O) groups excluding carboxylic acids is 1. The Balaban J connectivity index is 2.20. The minimum Gasteiger partial charge on any atom is -0.462 e. The van der Waals surface area contributed by atoms with E-state index in [0.717, 1.165) is 24.3 Å². The van der Waals surface area contributed by atoms with Gasteiger partial charge in [-0.15, -0.1) is 11.3 Å². The summed E-state index contributed by atoms with van der Waals surface area (Å²) in [7, 11) is 0. The van der Waals surface area contributed by atoms with Gasteiger partial charge in [0.1, 0.15) is 0 Å². The van der Waals surface area contributed by atoms with Crippen molar-refractivity contribution in [1.82, 2.24) is 0 Å². The van der Waals surface area contributed by atoms with Crippen LogP contribution in [0.3, 0.4) is 0 Å². The van der Waals surface area contributed by atoms with Crippen LogP contribution in [-0.2, 0) is 17.6 Å². The molecule has 0 radical (unpaired) electrons. The standard InChI is InChI=1S/C15H22O2S/c1-5-17-14(16)12-9-18-13-8-10(15(2,3)4)6-7-11(12)13/h9-10H,5-8H2,1-4H3. The first-order chi connectivity index (χ1) is 8.43. The number of hydrogen-bond donors (Lipinski definition) is 0. The molecule has 100 valence electrons. The first-order valence-corrected chi connectivity index (χ1v) is 7.57. The Labute approximate surface area is 113 Å². The maximum atomic E-state index is 11.8. The van der Waals surface area contributed by atoms with Crippen molar-refractivity contribution in [2.45, 2.75) is 47.0 Å². The van der Waals surface area contributed by atoms with Crippen LogP contribution in [0.4, 0.5) is 0 Å². The molecule has 2 rings (SSSR count). The second-order valence-corrected chi connectivity index (χ2v) is 7.04. The second kappa shape index (κ2) is 5.04. The van der Waals surface area contributed by atoms with Crippen molar-refractivity contribution in [3.63, 3.8) is 0 Å². The van der Waals surface area contributed by atoms with Gasteiger partial charge in [0.2, 0.25) is 0 Å². The smallest absolute Gasteiger partial charge is 0.339 e. The average Bonchev–Trinajstić information content (AvgIpc) is 2.70. The highest BCUT2D eigenvalue weighted by molar-refractivity contribution is 7.10. The molecule has 0 saturated carbocycles. The molecule has 0 amide bonds. The summed E-state index contributed by atoms with van der Waals surface area (Å²) in [6.45, 7) is 9.23. The third kappa shape index (κ3) is 2.61. The fourth-order valence-electron chi connectivity index (χ4n) is 2.63.